The van der Waals surface area contributed by atoms with Crippen LogP contribution in [0.2, 0.25) is 0 Å². The monoisotopic (exact) mass is 533 g/mol. The van der Waals surface area contributed by atoms with Crippen LogP contribution in [0.25, 0.3) is 79.1 Å². The fourth-order valence-electron chi connectivity index (χ4n) is 6.10. The molecular weight excluding hydrogens is 515 g/mol. The molecule has 4 aromatic heterocycles. The number of aromatic nitrogens is 3. The maximum atomic E-state index is 4.79. The van der Waals surface area contributed by atoms with Crippen molar-refractivity contribution in [1.29, 1.82) is 0 Å². The quantitative estimate of drug-likeness (QED) is 0.221. The minimum absolute atomic E-state index is 1.04. The summed E-state index contributed by atoms with van der Waals surface area (Å²) >= 11 is 3.68. The average molecular weight is 534 g/mol. The van der Waals surface area contributed by atoms with Crippen molar-refractivity contribution in [2.75, 3.05) is 0 Å². The van der Waals surface area contributed by atoms with Crippen LogP contribution in [0.15, 0.2) is 116 Å². The van der Waals surface area contributed by atoms with E-state index in [9.17, 15) is 0 Å². The molecule has 182 valence electrons. The molecule has 0 bridgehead atoms. The Morgan fingerprint density at radius 3 is 2.15 bits per heavy atom. The molecule has 0 N–H and O–H groups in total. The van der Waals surface area contributed by atoms with Crippen molar-refractivity contribution in [2.24, 2.45) is 0 Å². The number of hydrogen-bond acceptors (Lipinski definition) is 4. The molecular formula is C34H19N3S2. The normalized spacial score (nSPS) is 12.1. The van der Waals surface area contributed by atoms with Gasteiger partial charge in [0.05, 0.1) is 25.9 Å². The number of thiophene rings is 2. The van der Waals surface area contributed by atoms with Gasteiger partial charge < -0.3 is 4.57 Å². The van der Waals surface area contributed by atoms with E-state index in [1.54, 1.807) is 17.7 Å². The minimum atomic E-state index is 1.04. The Labute approximate surface area is 231 Å². The molecule has 0 aliphatic heterocycles. The molecule has 9 aromatic rings. The van der Waals surface area contributed by atoms with Gasteiger partial charge in [-0.25, -0.2) is 9.97 Å². The van der Waals surface area contributed by atoms with Crippen LogP contribution in [0.5, 0.6) is 0 Å². The molecule has 5 aromatic carbocycles. The van der Waals surface area contributed by atoms with E-state index in [1.807, 2.05) is 17.5 Å². The maximum Gasteiger partial charge on any atom is 0.116 e. The summed E-state index contributed by atoms with van der Waals surface area (Å²) in [5.74, 6) is 0. The Kier molecular flexibility index (Phi) is 4.36. The van der Waals surface area contributed by atoms with E-state index >= 15 is 0 Å². The predicted molar refractivity (Wildman–Crippen MR) is 168 cm³/mol. The van der Waals surface area contributed by atoms with Crippen LogP contribution in [-0.2, 0) is 0 Å². The molecule has 4 heterocycles. The number of benzene rings is 5. The van der Waals surface area contributed by atoms with Gasteiger partial charge in [-0.05, 0) is 35.4 Å². The molecule has 0 unspecified atom stereocenters. The van der Waals surface area contributed by atoms with Gasteiger partial charge >= 0.3 is 0 Å². The third kappa shape index (κ3) is 2.91. The molecule has 5 heteroatoms. The van der Waals surface area contributed by atoms with E-state index in [2.05, 4.69) is 113 Å². The first kappa shape index (κ1) is 21.4. The van der Waals surface area contributed by atoms with E-state index in [0.29, 0.717) is 0 Å². The van der Waals surface area contributed by atoms with Crippen molar-refractivity contribution in [2.45, 2.75) is 0 Å². The van der Waals surface area contributed by atoms with Crippen molar-refractivity contribution in [1.82, 2.24) is 14.5 Å². The zero-order chi connectivity index (χ0) is 25.5. The molecule has 9 rings (SSSR count). The zero-order valence-corrected chi connectivity index (χ0v) is 22.3. The lowest BCUT2D eigenvalue weighted by molar-refractivity contribution is 1.19. The molecule has 0 spiro atoms. The largest absolute Gasteiger partial charge is 0.308 e. The van der Waals surface area contributed by atoms with Gasteiger partial charge in [-0.15, -0.1) is 22.7 Å². The first-order chi connectivity index (χ1) is 19.4. The fraction of sp³-hybridized carbons (Fsp3) is 0. The summed E-state index contributed by atoms with van der Waals surface area (Å²) in [5.41, 5.74) is 7.10. The molecule has 0 saturated carbocycles. The van der Waals surface area contributed by atoms with Gasteiger partial charge in [0.15, 0.2) is 0 Å². The van der Waals surface area contributed by atoms with Crippen LogP contribution in [0, 0.1) is 0 Å². The van der Waals surface area contributed by atoms with Crippen molar-refractivity contribution < 1.29 is 0 Å². The first-order valence-electron chi connectivity index (χ1n) is 12.9. The molecule has 3 nitrogen and oxygen atoms in total. The van der Waals surface area contributed by atoms with Crippen molar-refractivity contribution in [3.05, 3.63) is 116 Å². The lowest BCUT2D eigenvalue weighted by Crippen LogP contribution is -1.94. The Bertz CT molecular complexity index is 2380. The van der Waals surface area contributed by atoms with Gasteiger partial charge in [-0.3, -0.25) is 0 Å². The first-order valence-corrected chi connectivity index (χ1v) is 14.5. The van der Waals surface area contributed by atoms with E-state index in [1.165, 1.54) is 63.2 Å². The fourth-order valence-corrected chi connectivity index (χ4v) is 8.61. The summed E-state index contributed by atoms with van der Waals surface area (Å²) in [6.07, 6.45) is 3.63. The van der Waals surface area contributed by atoms with Crippen LogP contribution in [0.1, 0.15) is 0 Å². The zero-order valence-electron chi connectivity index (χ0n) is 20.6. The van der Waals surface area contributed by atoms with Gasteiger partial charge in [0.1, 0.15) is 6.33 Å². The SMILES string of the molecule is c1ccc(-c2ccc(-n3c4ccccc4c4c5c6ccccc6sc5c5c6ncncc6sc5c43)cc2)cc1. The van der Waals surface area contributed by atoms with E-state index in [0.717, 1.165) is 15.9 Å². The second-order valence-electron chi connectivity index (χ2n) is 9.83. The average Bonchev–Trinajstić information content (AvgIpc) is 3.67. The van der Waals surface area contributed by atoms with Crippen LogP contribution in [0.3, 0.4) is 0 Å². The number of nitrogens with zero attached hydrogens (tertiary/aromatic N) is 3. The summed E-state index contributed by atoms with van der Waals surface area (Å²) < 4.78 is 7.46. The highest BCUT2D eigenvalue weighted by Gasteiger charge is 2.24. The van der Waals surface area contributed by atoms with Crippen LogP contribution in [0.4, 0.5) is 0 Å². The predicted octanol–water partition coefficient (Wildman–Crippen LogP) is 9.98. The van der Waals surface area contributed by atoms with Gasteiger partial charge in [0.25, 0.3) is 0 Å². The molecule has 0 saturated heterocycles. The highest BCUT2D eigenvalue weighted by Crippen LogP contribution is 2.51. The molecule has 0 aliphatic carbocycles. The van der Waals surface area contributed by atoms with Crippen molar-refractivity contribution in [3.63, 3.8) is 0 Å². The lowest BCUT2D eigenvalue weighted by atomic mass is 10.0. The van der Waals surface area contributed by atoms with E-state index in [-0.39, 0.29) is 0 Å². The lowest BCUT2D eigenvalue weighted by Gasteiger charge is -2.10. The number of rotatable bonds is 2. The number of hydrogen-bond donors (Lipinski definition) is 0. The van der Waals surface area contributed by atoms with Crippen LogP contribution < -0.4 is 0 Å². The van der Waals surface area contributed by atoms with Crippen LogP contribution in [-0.4, -0.2) is 14.5 Å². The molecule has 0 fully saturated rings. The minimum Gasteiger partial charge on any atom is -0.308 e. The topological polar surface area (TPSA) is 30.7 Å². The highest BCUT2D eigenvalue weighted by molar-refractivity contribution is 7.30. The Balaban J connectivity index is 1.50. The van der Waals surface area contributed by atoms with E-state index in [4.69, 9.17) is 4.98 Å². The maximum absolute atomic E-state index is 4.79. The van der Waals surface area contributed by atoms with Crippen molar-refractivity contribution in [3.8, 4) is 16.8 Å². The smallest absolute Gasteiger partial charge is 0.116 e. The molecule has 0 atom stereocenters. The highest BCUT2D eigenvalue weighted by atomic mass is 32.1. The third-order valence-corrected chi connectivity index (χ3v) is 10.1. The Morgan fingerprint density at radius 1 is 0.564 bits per heavy atom. The Morgan fingerprint density at radius 2 is 1.28 bits per heavy atom. The van der Waals surface area contributed by atoms with Gasteiger partial charge in [-0.2, -0.15) is 0 Å². The third-order valence-electron chi connectivity index (χ3n) is 7.75. The second kappa shape index (κ2) is 7.96. The molecule has 0 amide bonds. The van der Waals surface area contributed by atoms with Crippen molar-refractivity contribution >= 4 is 85.0 Å². The number of fused-ring (bicyclic) bond motifs is 12. The van der Waals surface area contributed by atoms with Gasteiger partial charge in [0, 0.05) is 48.2 Å². The summed E-state index contributed by atoms with van der Waals surface area (Å²) in [6, 6.07) is 37.2. The Hall–Kier alpha value is -4.58. The molecule has 0 radical (unpaired) electrons. The molecule has 0 aliphatic rings. The second-order valence-corrected chi connectivity index (χ2v) is 11.9. The summed E-state index contributed by atoms with van der Waals surface area (Å²) in [6.45, 7) is 0. The summed E-state index contributed by atoms with van der Waals surface area (Å²) in [7, 11) is 0. The standard InChI is InChI=1S/C34H19N3S2/c1-2-8-20(9-3-1)21-14-16-22(17-15-21)37-25-12-6-4-10-23(25)28-29-24-11-5-7-13-26(24)38-33(29)30-31-27(18-35-19-36-31)39-34(30)32(28)37/h1-19H. The van der Waals surface area contributed by atoms with E-state index < -0.39 is 0 Å². The number of para-hydroxylation sites is 1. The summed E-state index contributed by atoms with van der Waals surface area (Å²) in [4.78, 5) is 9.16. The van der Waals surface area contributed by atoms with Crippen LogP contribution >= 0.6 is 22.7 Å². The molecule has 39 heavy (non-hydrogen) atoms. The van der Waals surface area contributed by atoms with Gasteiger partial charge in [0.2, 0.25) is 0 Å². The van der Waals surface area contributed by atoms with Gasteiger partial charge in [-0.1, -0.05) is 78.9 Å². The summed E-state index contributed by atoms with van der Waals surface area (Å²) in [5, 5.41) is 6.47.